The lowest BCUT2D eigenvalue weighted by molar-refractivity contribution is -0.137. The lowest BCUT2D eigenvalue weighted by atomic mass is 10.2. The van der Waals surface area contributed by atoms with E-state index in [4.69, 9.17) is 9.84 Å². The van der Waals surface area contributed by atoms with E-state index in [0.29, 0.717) is 18.7 Å². The number of aliphatic carboxylic acids is 1. The molecule has 0 aliphatic carbocycles. The van der Waals surface area contributed by atoms with Gasteiger partial charge in [-0.05, 0) is 6.42 Å². The molecule has 0 radical (unpaired) electrons. The van der Waals surface area contributed by atoms with E-state index in [0.717, 1.165) is 19.6 Å². The predicted octanol–water partition coefficient (Wildman–Crippen LogP) is -0.0658. The molecule has 2 aliphatic rings. The van der Waals surface area contributed by atoms with Crippen LogP contribution >= 0.6 is 0 Å². The van der Waals surface area contributed by atoms with Gasteiger partial charge in [0.1, 0.15) is 0 Å². The van der Waals surface area contributed by atoms with Crippen molar-refractivity contribution in [1.82, 2.24) is 4.90 Å². The number of hydrogen-bond acceptors (Lipinski definition) is 3. The van der Waals surface area contributed by atoms with Gasteiger partial charge in [-0.25, -0.2) is 0 Å². The Morgan fingerprint density at radius 1 is 1.67 bits per heavy atom. The third-order valence-electron chi connectivity index (χ3n) is 2.63. The summed E-state index contributed by atoms with van der Waals surface area (Å²) in [6, 6.07) is 0.495. The summed E-state index contributed by atoms with van der Waals surface area (Å²) in [7, 11) is 0. The zero-order valence-electron chi connectivity index (χ0n) is 6.90. The number of nitrogens with zero attached hydrogens (tertiary/aromatic N) is 1. The molecule has 0 aromatic rings. The molecular formula is C8H13NO3. The van der Waals surface area contributed by atoms with Gasteiger partial charge in [-0.1, -0.05) is 0 Å². The SMILES string of the molecule is O=C(O)CCN1C[C@H]2C[C@H]1CO2. The Bertz CT molecular complexity index is 195. The standard InChI is InChI=1S/C8H13NO3/c10-8(11)1-2-9-4-7-3-6(9)5-12-7/h6-7H,1-5H2,(H,10,11)/t6-,7+/m0/s1. The Morgan fingerprint density at radius 3 is 3.00 bits per heavy atom. The number of ether oxygens (including phenoxy) is 1. The molecule has 4 nitrogen and oxygen atoms in total. The first-order valence-corrected chi connectivity index (χ1v) is 4.33. The molecule has 2 bridgehead atoms. The first-order chi connectivity index (χ1) is 5.75. The first kappa shape index (κ1) is 8.01. The zero-order valence-corrected chi connectivity index (χ0v) is 6.90. The van der Waals surface area contributed by atoms with Crippen molar-refractivity contribution in [2.45, 2.75) is 25.0 Å². The average molecular weight is 171 g/mol. The molecule has 4 heteroatoms. The molecule has 2 atom stereocenters. The fraction of sp³-hybridized carbons (Fsp3) is 0.875. The van der Waals surface area contributed by atoms with Crippen molar-refractivity contribution in [3.8, 4) is 0 Å². The van der Waals surface area contributed by atoms with Gasteiger partial charge in [-0.2, -0.15) is 0 Å². The van der Waals surface area contributed by atoms with E-state index < -0.39 is 5.97 Å². The van der Waals surface area contributed by atoms with Gasteiger partial charge in [0.2, 0.25) is 0 Å². The van der Waals surface area contributed by atoms with E-state index in [2.05, 4.69) is 4.90 Å². The molecule has 2 saturated heterocycles. The molecule has 0 unspecified atom stereocenters. The molecule has 0 saturated carbocycles. The van der Waals surface area contributed by atoms with Crippen LogP contribution in [0.3, 0.4) is 0 Å². The lowest BCUT2D eigenvalue weighted by Gasteiger charge is -2.25. The minimum absolute atomic E-state index is 0.253. The van der Waals surface area contributed by atoms with E-state index in [1.165, 1.54) is 0 Å². The average Bonchev–Trinajstić information content (AvgIpc) is 2.60. The third kappa shape index (κ3) is 1.44. The molecule has 0 aromatic heterocycles. The predicted molar refractivity (Wildman–Crippen MR) is 42.0 cm³/mol. The molecule has 2 heterocycles. The van der Waals surface area contributed by atoms with Crippen LogP contribution in [0, 0.1) is 0 Å². The molecule has 1 N–H and O–H groups in total. The van der Waals surface area contributed by atoms with Crippen LogP contribution in [0.5, 0.6) is 0 Å². The maximum absolute atomic E-state index is 10.3. The number of hydrogen-bond donors (Lipinski definition) is 1. The van der Waals surface area contributed by atoms with Gasteiger partial charge in [0.15, 0.2) is 0 Å². The molecule has 68 valence electrons. The Labute approximate surface area is 71.1 Å². The van der Waals surface area contributed by atoms with Crippen molar-refractivity contribution in [2.75, 3.05) is 19.7 Å². The van der Waals surface area contributed by atoms with Crippen LogP contribution in [0.25, 0.3) is 0 Å². The van der Waals surface area contributed by atoms with Crippen molar-refractivity contribution < 1.29 is 14.6 Å². The molecule has 2 fully saturated rings. The highest BCUT2D eigenvalue weighted by atomic mass is 16.5. The molecule has 0 amide bonds. The lowest BCUT2D eigenvalue weighted by Crippen LogP contribution is -2.38. The van der Waals surface area contributed by atoms with Crippen LogP contribution in [0.2, 0.25) is 0 Å². The second-order valence-electron chi connectivity index (χ2n) is 3.48. The Kier molecular flexibility index (Phi) is 2.02. The summed E-state index contributed by atoms with van der Waals surface area (Å²) in [6.07, 6.45) is 1.73. The number of carbonyl (C=O) groups is 1. The maximum atomic E-state index is 10.3. The highest BCUT2D eigenvalue weighted by molar-refractivity contribution is 5.66. The maximum Gasteiger partial charge on any atom is 0.304 e. The highest BCUT2D eigenvalue weighted by Crippen LogP contribution is 2.27. The van der Waals surface area contributed by atoms with Gasteiger partial charge in [0, 0.05) is 19.1 Å². The molecule has 2 rings (SSSR count). The number of rotatable bonds is 3. The number of likely N-dealkylation sites (tertiary alicyclic amines) is 1. The molecule has 12 heavy (non-hydrogen) atoms. The van der Waals surface area contributed by atoms with Crippen LogP contribution in [0.1, 0.15) is 12.8 Å². The van der Waals surface area contributed by atoms with Crippen LogP contribution in [-0.2, 0) is 9.53 Å². The van der Waals surface area contributed by atoms with Gasteiger partial charge >= 0.3 is 5.97 Å². The normalized spacial score (nSPS) is 34.3. The van der Waals surface area contributed by atoms with Crippen LogP contribution in [0.4, 0.5) is 0 Å². The van der Waals surface area contributed by atoms with Crippen LogP contribution < -0.4 is 0 Å². The summed E-state index contributed by atoms with van der Waals surface area (Å²) in [6.45, 7) is 2.40. The van der Waals surface area contributed by atoms with Crippen molar-refractivity contribution in [1.29, 1.82) is 0 Å². The Morgan fingerprint density at radius 2 is 2.50 bits per heavy atom. The topological polar surface area (TPSA) is 49.8 Å². The number of carboxylic acid groups (broad SMARTS) is 1. The smallest absolute Gasteiger partial charge is 0.304 e. The second-order valence-corrected chi connectivity index (χ2v) is 3.48. The second kappa shape index (κ2) is 3.03. The quantitative estimate of drug-likeness (QED) is 0.646. The van der Waals surface area contributed by atoms with Gasteiger partial charge in [-0.15, -0.1) is 0 Å². The van der Waals surface area contributed by atoms with Gasteiger partial charge in [0.05, 0.1) is 19.1 Å². The monoisotopic (exact) mass is 171 g/mol. The summed E-state index contributed by atoms with van der Waals surface area (Å²) in [5.41, 5.74) is 0. The fourth-order valence-electron chi connectivity index (χ4n) is 1.99. The fourth-order valence-corrected chi connectivity index (χ4v) is 1.99. The van der Waals surface area contributed by atoms with Crippen molar-refractivity contribution in [3.05, 3.63) is 0 Å². The first-order valence-electron chi connectivity index (χ1n) is 4.33. The number of fused-ring (bicyclic) bond motifs is 2. The van der Waals surface area contributed by atoms with Crippen molar-refractivity contribution >= 4 is 5.97 Å². The van der Waals surface area contributed by atoms with E-state index in [9.17, 15) is 4.79 Å². The summed E-state index contributed by atoms with van der Waals surface area (Å²) in [5, 5.41) is 8.49. The summed E-state index contributed by atoms with van der Waals surface area (Å²) in [4.78, 5) is 12.5. The van der Waals surface area contributed by atoms with E-state index in [1.54, 1.807) is 0 Å². The minimum Gasteiger partial charge on any atom is -0.481 e. The van der Waals surface area contributed by atoms with Gasteiger partial charge in [-0.3, -0.25) is 9.69 Å². The summed E-state index contributed by atoms with van der Waals surface area (Å²) in [5.74, 6) is -0.710. The van der Waals surface area contributed by atoms with E-state index in [-0.39, 0.29) is 6.42 Å². The Balaban J connectivity index is 1.79. The summed E-state index contributed by atoms with van der Waals surface area (Å²) < 4.78 is 5.40. The molecule has 0 aromatic carbocycles. The highest BCUT2D eigenvalue weighted by Gasteiger charge is 2.38. The van der Waals surface area contributed by atoms with E-state index >= 15 is 0 Å². The van der Waals surface area contributed by atoms with Crippen molar-refractivity contribution in [2.24, 2.45) is 0 Å². The molecule has 0 spiro atoms. The van der Waals surface area contributed by atoms with E-state index in [1.807, 2.05) is 0 Å². The molecule has 2 aliphatic heterocycles. The third-order valence-corrected chi connectivity index (χ3v) is 2.63. The minimum atomic E-state index is -0.710. The van der Waals surface area contributed by atoms with Crippen LogP contribution in [0.15, 0.2) is 0 Å². The zero-order chi connectivity index (χ0) is 8.55. The number of morpholine rings is 1. The Hall–Kier alpha value is -0.610. The van der Waals surface area contributed by atoms with Gasteiger partial charge in [0.25, 0.3) is 0 Å². The largest absolute Gasteiger partial charge is 0.481 e. The molecular weight excluding hydrogens is 158 g/mol. The van der Waals surface area contributed by atoms with Crippen molar-refractivity contribution in [3.63, 3.8) is 0 Å². The summed E-state index contributed by atoms with van der Waals surface area (Å²) >= 11 is 0. The number of carboxylic acids is 1. The van der Waals surface area contributed by atoms with Crippen LogP contribution in [-0.4, -0.2) is 47.8 Å². The van der Waals surface area contributed by atoms with Gasteiger partial charge < -0.3 is 9.84 Å².